The molecule has 1 atom stereocenters. The lowest BCUT2D eigenvalue weighted by atomic mass is 10.1. The topological polar surface area (TPSA) is 66.1 Å². The van der Waals surface area contributed by atoms with Gasteiger partial charge in [0.15, 0.2) is 0 Å². The van der Waals surface area contributed by atoms with E-state index in [0.29, 0.717) is 0 Å². The van der Waals surface area contributed by atoms with E-state index in [9.17, 15) is 9.59 Å². The van der Waals surface area contributed by atoms with Crippen molar-refractivity contribution in [1.29, 1.82) is 0 Å². The van der Waals surface area contributed by atoms with E-state index in [4.69, 9.17) is 0 Å². The van der Waals surface area contributed by atoms with E-state index in [2.05, 4.69) is 9.97 Å². The van der Waals surface area contributed by atoms with Gasteiger partial charge in [-0.2, -0.15) is 0 Å². The lowest BCUT2D eigenvalue weighted by Crippen LogP contribution is -2.34. The van der Waals surface area contributed by atoms with E-state index in [1.54, 1.807) is 32.3 Å². The highest BCUT2D eigenvalue weighted by Gasteiger charge is 2.21. The fourth-order valence-corrected chi connectivity index (χ4v) is 1.93. The molecule has 0 spiro atoms. The third kappa shape index (κ3) is 2.77. The fraction of sp³-hybridized carbons (Fsp3) is 0.267. The summed E-state index contributed by atoms with van der Waals surface area (Å²) >= 11 is 0. The Morgan fingerprint density at radius 1 is 1.30 bits per heavy atom. The quantitative estimate of drug-likeness (QED) is 0.927. The summed E-state index contributed by atoms with van der Waals surface area (Å²) in [7, 11) is 1.67. The van der Waals surface area contributed by atoms with E-state index in [0.717, 1.165) is 11.4 Å². The second kappa shape index (κ2) is 5.69. The van der Waals surface area contributed by atoms with Gasteiger partial charge in [0.25, 0.3) is 11.5 Å². The molecule has 0 saturated carbocycles. The number of carbonyl (C=O) groups is 1. The van der Waals surface area contributed by atoms with Gasteiger partial charge in [-0.05, 0) is 38.1 Å². The van der Waals surface area contributed by atoms with E-state index in [1.165, 1.54) is 4.90 Å². The normalized spacial score (nSPS) is 11.9. The van der Waals surface area contributed by atoms with Crippen molar-refractivity contribution in [3.05, 3.63) is 63.8 Å². The number of nitrogens with zero attached hydrogens (tertiary/aromatic N) is 2. The number of carbonyl (C=O) groups excluding carboxylic acids is 1. The molecule has 0 unspecified atom stereocenters. The largest absolute Gasteiger partial charge is 0.333 e. The zero-order valence-corrected chi connectivity index (χ0v) is 11.8. The van der Waals surface area contributed by atoms with Crippen LogP contribution in [0.2, 0.25) is 0 Å². The lowest BCUT2D eigenvalue weighted by Gasteiger charge is -2.24. The molecule has 20 heavy (non-hydrogen) atoms. The van der Waals surface area contributed by atoms with E-state index in [1.807, 2.05) is 25.1 Å². The molecule has 0 bridgehead atoms. The summed E-state index contributed by atoms with van der Waals surface area (Å²) in [5, 5.41) is 0. The summed E-state index contributed by atoms with van der Waals surface area (Å²) in [6.07, 6.45) is 1.68. The molecule has 2 aromatic heterocycles. The predicted molar refractivity (Wildman–Crippen MR) is 76.5 cm³/mol. The molecule has 0 aromatic carbocycles. The molecule has 0 aliphatic rings. The number of nitrogens with one attached hydrogen (secondary N) is 1. The highest BCUT2D eigenvalue weighted by atomic mass is 16.2. The predicted octanol–water partition coefficient (Wildman–Crippen LogP) is 1.91. The molecular formula is C15H17N3O2. The molecule has 0 aliphatic heterocycles. The second-order valence-corrected chi connectivity index (χ2v) is 4.73. The average molecular weight is 271 g/mol. The molecule has 0 saturated heterocycles. The summed E-state index contributed by atoms with van der Waals surface area (Å²) < 4.78 is 0. The van der Waals surface area contributed by atoms with Gasteiger partial charge in [0.1, 0.15) is 5.56 Å². The first-order chi connectivity index (χ1) is 9.50. The van der Waals surface area contributed by atoms with Gasteiger partial charge in [0.2, 0.25) is 0 Å². The first-order valence-electron chi connectivity index (χ1n) is 6.38. The number of H-pyrrole nitrogens is 1. The van der Waals surface area contributed by atoms with Crippen molar-refractivity contribution < 1.29 is 4.79 Å². The van der Waals surface area contributed by atoms with Gasteiger partial charge in [0, 0.05) is 18.9 Å². The Bertz CT molecular complexity index is 664. The van der Waals surface area contributed by atoms with Crippen LogP contribution in [0.1, 0.15) is 34.7 Å². The van der Waals surface area contributed by atoms with Crippen molar-refractivity contribution in [2.75, 3.05) is 7.05 Å². The summed E-state index contributed by atoms with van der Waals surface area (Å²) in [6, 6.07) is 8.61. The third-order valence-corrected chi connectivity index (χ3v) is 3.30. The van der Waals surface area contributed by atoms with E-state index < -0.39 is 0 Å². The molecule has 1 N–H and O–H groups in total. The van der Waals surface area contributed by atoms with Crippen molar-refractivity contribution in [1.82, 2.24) is 14.9 Å². The Balaban J connectivity index is 2.27. The number of rotatable bonds is 3. The second-order valence-electron chi connectivity index (χ2n) is 4.73. The van der Waals surface area contributed by atoms with E-state index >= 15 is 0 Å². The summed E-state index contributed by atoms with van der Waals surface area (Å²) in [4.78, 5) is 32.6. The number of pyridine rings is 2. The van der Waals surface area contributed by atoms with Gasteiger partial charge in [-0.25, -0.2) is 0 Å². The summed E-state index contributed by atoms with van der Waals surface area (Å²) in [6.45, 7) is 3.65. The Hall–Kier alpha value is -2.43. The Labute approximate surface area is 117 Å². The summed E-state index contributed by atoms with van der Waals surface area (Å²) in [5.74, 6) is -0.315. The SMILES string of the molecule is Cc1ccc(C(=O)N(C)[C@H](C)c2ccccn2)c(=O)[nH]1. The van der Waals surface area contributed by atoms with E-state index in [-0.39, 0.29) is 23.1 Å². The number of amides is 1. The molecular weight excluding hydrogens is 254 g/mol. The van der Waals surface area contributed by atoms with Crippen LogP contribution in [0.3, 0.4) is 0 Å². The van der Waals surface area contributed by atoms with Crippen LogP contribution >= 0.6 is 0 Å². The third-order valence-electron chi connectivity index (χ3n) is 3.30. The zero-order chi connectivity index (χ0) is 14.7. The minimum atomic E-state index is -0.366. The van der Waals surface area contributed by atoms with Gasteiger partial charge in [-0.3, -0.25) is 14.6 Å². The zero-order valence-electron chi connectivity index (χ0n) is 11.8. The van der Waals surface area contributed by atoms with Gasteiger partial charge in [0.05, 0.1) is 11.7 Å². The minimum absolute atomic E-state index is 0.140. The number of hydrogen-bond acceptors (Lipinski definition) is 3. The van der Waals surface area contributed by atoms with Crippen molar-refractivity contribution in [3.63, 3.8) is 0 Å². The standard InChI is InChI=1S/C15H17N3O2/c1-10-7-8-12(14(19)17-10)15(20)18(3)11(2)13-6-4-5-9-16-13/h4-9,11H,1-3H3,(H,17,19)/t11-/m1/s1. The molecule has 2 rings (SSSR count). The van der Waals surface area contributed by atoms with Crippen LogP contribution in [0, 0.1) is 6.92 Å². The number of aromatic amines is 1. The van der Waals surface area contributed by atoms with Crippen molar-refractivity contribution in [2.45, 2.75) is 19.9 Å². The first-order valence-corrected chi connectivity index (χ1v) is 6.38. The highest BCUT2D eigenvalue weighted by molar-refractivity contribution is 5.93. The average Bonchev–Trinajstić information content (AvgIpc) is 2.46. The maximum atomic E-state index is 12.4. The number of hydrogen-bond donors (Lipinski definition) is 1. The first kappa shape index (κ1) is 14.0. The van der Waals surface area contributed by atoms with Gasteiger partial charge in [-0.15, -0.1) is 0 Å². The molecule has 0 radical (unpaired) electrons. The molecule has 0 aliphatic carbocycles. The number of aryl methyl sites for hydroxylation is 1. The lowest BCUT2D eigenvalue weighted by molar-refractivity contribution is 0.0738. The van der Waals surface area contributed by atoms with Crippen molar-refractivity contribution >= 4 is 5.91 Å². The van der Waals surface area contributed by atoms with Gasteiger partial charge < -0.3 is 9.88 Å². The maximum Gasteiger partial charge on any atom is 0.260 e. The van der Waals surface area contributed by atoms with Crippen molar-refractivity contribution in [3.8, 4) is 0 Å². The van der Waals surface area contributed by atoms with Crippen LogP contribution in [0.4, 0.5) is 0 Å². The van der Waals surface area contributed by atoms with Crippen LogP contribution in [-0.4, -0.2) is 27.8 Å². The smallest absolute Gasteiger partial charge is 0.260 e. The van der Waals surface area contributed by atoms with Crippen molar-refractivity contribution in [2.24, 2.45) is 0 Å². The molecule has 5 heteroatoms. The Kier molecular flexibility index (Phi) is 3.98. The Morgan fingerprint density at radius 3 is 2.65 bits per heavy atom. The molecule has 2 aromatic rings. The van der Waals surface area contributed by atoms with Crippen LogP contribution < -0.4 is 5.56 Å². The van der Waals surface area contributed by atoms with Crippen LogP contribution in [-0.2, 0) is 0 Å². The molecule has 1 amide bonds. The molecule has 104 valence electrons. The van der Waals surface area contributed by atoms with Crippen LogP contribution in [0.25, 0.3) is 0 Å². The molecule has 5 nitrogen and oxygen atoms in total. The monoisotopic (exact) mass is 271 g/mol. The highest BCUT2D eigenvalue weighted by Crippen LogP contribution is 2.17. The van der Waals surface area contributed by atoms with Crippen LogP contribution in [0.5, 0.6) is 0 Å². The van der Waals surface area contributed by atoms with Gasteiger partial charge in [-0.1, -0.05) is 6.07 Å². The van der Waals surface area contributed by atoms with Crippen LogP contribution in [0.15, 0.2) is 41.3 Å². The molecule has 0 fully saturated rings. The fourth-order valence-electron chi connectivity index (χ4n) is 1.93. The minimum Gasteiger partial charge on any atom is -0.333 e. The maximum absolute atomic E-state index is 12.4. The Morgan fingerprint density at radius 2 is 2.05 bits per heavy atom. The summed E-state index contributed by atoms with van der Waals surface area (Å²) in [5.41, 5.74) is 1.29. The molecule has 2 heterocycles. The number of aromatic nitrogens is 2. The van der Waals surface area contributed by atoms with Gasteiger partial charge >= 0.3 is 0 Å².